The number of hydrogen-bond donors (Lipinski definition) is 2. The van der Waals surface area contributed by atoms with E-state index in [-0.39, 0.29) is 11.8 Å². The monoisotopic (exact) mass is 365 g/mol. The molecule has 2 amide bonds. The number of urea groups is 1. The molecule has 0 spiro atoms. The molecule has 0 bridgehead atoms. The summed E-state index contributed by atoms with van der Waals surface area (Å²) >= 11 is 11.9. The third-order valence-corrected chi connectivity index (χ3v) is 4.48. The summed E-state index contributed by atoms with van der Waals surface area (Å²) in [6.45, 7) is 2.58. The molecular weight excluding hydrogens is 349 g/mol. The molecule has 24 heavy (non-hydrogen) atoms. The average molecular weight is 366 g/mol. The van der Waals surface area contributed by atoms with Crippen molar-refractivity contribution in [1.29, 1.82) is 0 Å². The maximum Gasteiger partial charge on any atom is 0.322 e. The Labute approximate surface area is 150 Å². The summed E-state index contributed by atoms with van der Waals surface area (Å²) in [5.74, 6) is 0.241. The molecule has 0 radical (unpaired) electrons. The standard InChI is InChI=1S/C17H17Cl2N3O2/c18-12-4-5-16(15(19)10-12)20-17(24)22-8-6-21(7-9-22)13-2-1-3-14(23)11-13/h1-5,10-11,23H,6-9H2,(H,20,24). The summed E-state index contributed by atoms with van der Waals surface area (Å²) in [6, 6.07) is 11.9. The van der Waals surface area contributed by atoms with Crippen LogP contribution in [0.5, 0.6) is 5.75 Å². The maximum atomic E-state index is 12.4. The first-order chi connectivity index (χ1) is 11.5. The largest absolute Gasteiger partial charge is 0.508 e. The second-order valence-electron chi connectivity index (χ2n) is 5.55. The van der Waals surface area contributed by atoms with Crippen LogP contribution >= 0.6 is 23.2 Å². The van der Waals surface area contributed by atoms with Crippen LogP contribution in [0.15, 0.2) is 42.5 Å². The van der Waals surface area contributed by atoms with Crippen molar-refractivity contribution in [2.24, 2.45) is 0 Å². The first kappa shape index (κ1) is 16.7. The highest BCUT2D eigenvalue weighted by molar-refractivity contribution is 6.36. The van der Waals surface area contributed by atoms with Gasteiger partial charge in [-0.2, -0.15) is 0 Å². The van der Waals surface area contributed by atoms with E-state index in [0.29, 0.717) is 41.9 Å². The summed E-state index contributed by atoms with van der Waals surface area (Å²) in [6.07, 6.45) is 0. The predicted octanol–water partition coefficient (Wildman–Crippen LogP) is 4.05. The normalized spacial score (nSPS) is 14.6. The molecule has 2 aromatic carbocycles. The summed E-state index contributed by atoms with van der Waals surface area (Å²) in [5, 5.41) is 13.3. The van der Waals surface area contributed by atoms with Crippen molar-refractivity contribution in [3.63, 3.8) is 0 Å². The number of nitrogens with zero attached hydrogens (tertiary/aromatic N) is 2. The van der Waals surface area contributed by atoms with Crippen LogP contribution in [-0.4, -0.2) is 42.2 Å². The Kier molecular flexibility index (Phi) is 5.02. The molecule has 0 saturated carbocycles. The Bertz CT molecular complexity index is 746. The van der Waals surface area contributed by atoms with Crippen molar-refractivity contribution in [1.82, 2.24) is 4.90 Å². The van der Waals surface area contributed by atoms with Crippen molar-refractivity contribution in [2.45, 2.75) is 0 Å². The van der Waals surface area contributed by atoms with E-state index in [2.05, 4.69) is 10.2 Å². The van der Waals surface area contributed by atoms with Crippen LogP contribution in [0, 0.1) is 0 Å². The molecule has 2 aromatic rings. The van der Waals surface area contributed by atoms with Crippen LogP contribution in [0.1, 0.15) is 0 Å². The van der Waals surface area contributed by atoms with Gasteiger partial charge in [0.1, 0.15) is 5.75 Å². The first-order valence-electron chi connectivity index (χ1n) is 7.58. The van der Waals surface area contributed by atoms with Crippen LogP contribution in [0.4, 0.5) is 16.2 Å². The Morgan fingerprint density at radius 3 is 2.46 bits per heavy atom. The van der Waals surface area contributed by atoms with E-state index < -0.39 is 0 Å². The zero-order chi connectivity index (χ0) is 17.1. The van der Waals surface area contributed by atoms with Gasteiger partial charge in [0.2, 0.25) is 0 Å². The molecule has 0 atom stereocenters. The Morgan fingerprint density at radius 1 is 1.04 bits per heavy atom. The van der Waals surface area contributed by atoms with E-state index in [0.717, 1.165) is 5.69 Å². The van der Waals surface area contributed by atoms with E-state index in [1.807, 2.05) is 12.1 Å². The Balaban J connectivity index is 1.59. The lowest BCUT2D eigenvalue weighted by atomic mass is 10.2. The van der Waals surface area contributed by atoms with Crippen LogP contribution in [-0.2, 0) is 0 Å². The van der Waals surface area contributed by atoms with Crippen molar-refractivity contribution < 1.29 is 9.90 Å². The molecule has 3 rings (SSSR count). The fourth-order valence-corrected chi connectivity index (χ4v) is 3.10. The average Bonchev–Trinajstić information content (AvgIpc) is 2.57. The smallest absolute Gasteiger partial charge is 0.322 e. The topological polar surface area (TPSA) is 55.8 Å². The second kappa shape index (κ2) is 7.20. The molecule has 0 aromatic heterocycles. The number of benzene rings is 2. The molecule has 1 heterocycles. The highest BCUT2D eigenvalue weighted by Crippen LogP contribution is 2.26. The minimum Gasteiger partial charge on any atom is -0.508 e. The van der Waals surface area contributed by atoms with E-state index in [1.54, 1.807) is 35.2 Å². The first-order valence-corrected chi connectivity index (χ1v) is 8.33. The molecule has 126 valence electrons. The van der Waals surface area contributed by atoms with Gasteiger partial charge < -0.3 is 20.2 Å². The molecule has 0 unspecified atom stereocenters. The van der Waals surface area contributed by atoms with Gasteiger partial charge in [-0.15, -0.1) is 0 Å². The number of carbonyl (C=O) groups excluding carboxylic acids is 1. The lowest BCUT2D eigenvalue weighted by Gasteiger charge is -2.36. The van der Waals surface area contributed by atoms with Crippen LogP contribution in [0.25, 0.3) is 0 Å². The number of rotatable bonds is 2. The molecular formula is C17H17Cl2N3O2. The van der Waals surface area contributed by atoms with Gasteiger partial charge in [0, 0.05) is 43.0 Å². The minimum atomic E-state index is -0.185. The number of carbonyl (C=O) groups is 1. The van der Waals surface area contributed by atoms with E-state index in [9.17, 15) is 9.90 Å². The number of phenolic OH excluding ortho intramolecular Hbond substituents is 1. The van der Waals surface area contributed by atoms with Gasteiger partial charge in [0.05, 0.1) is 10.7 Å². The molecule has 7 heteroatoms. The van der Waals surface area contributed by atoms with Gasteiger partial charge in [-0.05, 0) is 30.3 Å². The minimum absolute atomic E-state index is 0.185. The summed E-state index contributed by atoms with van der Waals surface area (Å²) in [5.41, 5.74) is 1.50. The molecule has 1 aliphatic rings. The quantitative estimate of drug-likeness (QED) is 0.843. The zero-order valence-corrected chi connectivity index (χ0v) is 14.4. The lowest BCUT2D eigenvalue weighted by molar-refractivity contribution is 0.208. The maximum absolute atomic E-state index is 12.4. The van der Waals surface area contributed by atoms with Crippen LogP contribution < -0.4 is 10.2 Å². The zero-order valence-electron chi connectivity index (χ0n) is 12.9. The van der Waals surface area contributed by atoms with Crippen LogP contribution in [0.3, 0.4) is 0 Å². The number of anilines is 2. The summed E-state index contributed by atoms with van der Waals surface area (Å²) < 4.78 is 0. The van der Waals surface area contributed by atoms with Gasteiger partial charge in [-0.1, -0.05) is 29.3 Å². The van der Waals surface area contributed by atoms with E-state index >= 15 is 0 Å². The molecule has 1 saturated heterocycles. The number of amides is 2. The summed E-state index contributed by atoms with van der Waals surface area (Å²) in [4.78, 5) is 16.2. The van der Waals surface area contributed by atoms with E-state index in [4.69, 9.17) is 23.2 Å². The van der Waals surface area contributed by atoms with Gasteiger partial charge >= 0.3 is 6.03 Å². The highest BCUT2D eigenvalue weighted by atomic mass is 35.5. The van der Waals surface area contributed by atoms with Crippen molar-refractivity contribution in [3.05, 3.63) is 52.5 Å². The SMILES string of the molecule is O=C(Nc1ccc(Cl)cc1Cl)N1CCN(c2cccc(O)c2)CC1. The van der Waals surface area contributed by atoms with Gasteiger partial charge in [-0.25, -0.2) is 4.79 Å². The molecule has 2 N–H and O–H groups in total. The van der Waals surface area contributed by atoms with Crippen molar-refractivity contribution in [2.75, 3.05) is 36.4 Å². The molecule has 0 aliphatic carbocycles. The third-order valence-electron chi connectivity index (χ3n) is 3.93. The van der Waals surface area contributed by atoms with Crippen molar-refractivity contribution >= 4 is 40.6 Å². The third kappa shape index (κ3) is 3.86. The fourth-order valence-electron chi connectivity index (χ4n) is 2.64. The number of aromatic hydroxyl groups is 1. The van der Waals surface area contributed by atoms with Gasteiger partial charge in [0.25, 0.3) is 0 Å². The van der Waals surface area contributed by atoms with Gasteiger partial charge in [0.15, 0.2) is 0 Å². The molecule has 1 aliphatic heterocycles. The number of nitrogens with one attached hydrogen (secondary N) is 1. The van der Waals surface area contributed by atoms with Crippen molar-refractivity contribution in [3.8, 4) is 5.75 Å². The second-order valence-corrected chi connectivity index (χ2v) is 6.39. The molecule has 5 nitrogen and oxygen atoms in total. The number of halogens is 2. The van der Waals surface area contributed by atoms with Gasteiger partial charge in [-0.3, -0.25) is 0 Å². The van der Waals surface area contributed by atoms with Crippen LogP contribution in [0.2, 0.25) is 10.0 Å². The number of phenols is 1. The number of piperazine rings is 1. The number of hydrogen-bond acceptors (Lipinski definition) is 3. The molecule has 1 fully saturated rings. The highest BCUT2D eigenvalue weighted by Gasteiger charge is 2.22. The summed E-state index contributed by atoms with van der Waals surface area (Å²) in [7, 11) is 0. The lowest BCUT2D eigenvalue weighted by Crippen LogP contribution is -2.50. The predicted molar refractivity (Wildman–Crippen MR) is 97.4 cm³/mol. The fraction of sp³-hybridized carbons (Fsp3) is 0.235. The Morgan fingerprint density at radius 2 is 1.79 bits per heavy atom. The Hall–Kier alpha value is -2.11. The van der Waals surface area contributed by atoms with E-state index in [1.165, 1.54) is 0 Å².